The summed E-state index contributed by atoms with van der Waals surface area (Å²) in [6.07, 6.45) is 9.59. The highest BCUT2D eigenvalue weighted by Gasteiger charge is 2.13. The van der Waals surface area contributed by atoms with Gasteiger partial charge in [0.2, 0.25) is 0 Å². The highest BCUT2D eigenvalue weighted by Crippen LogP contribution is 2.28. The second kappa shape index (κ2) is 13.6. The standard InChI is InChI=1S/C16H34N4.HI/c1-4-17-16(19-13-8-14-20(2)3)18-12-7-11-15-9-5-6-10-15;/h15H,4-14H2,1-3H3,(H2,17,18,19);1H. The largest absolute Gasteiger partial charge is 0.357 e. The van der Waals surface area contributed by atoms with E-state index in [1.54, 1.807) is 0 Å². The van der Waals surface area contributed by atoms with Crippen LogP contribution in [0.5, 0.6) is 0 Å². The highest BCUT2D eigenvalue weighted by atomic mass is 127. The summed E-state index contributed by atoms with van der Waals surface area (Å²) in [5, 5.41) is 6.78. The van der Waals surface area contributed by atoms with Crippen molar-refractivity contribution in [1.82, 2.24) is 15.5 Å². The van der Waals surface area contributed by atoms with Crippen molar-refractivity contribution in [3.63, 3.8) is 0 Å². The van der Waals surface area contributed by atoms with Gasteiger partial charge in [0.1, 0.15) is 0 Å². The Hall–Kier alpha value is -0.0400. The van der Waals surface area contributed by atoms with E-state index in [2.05, 4.69) is 41.5 Å². The van der Waals surface area contributed by atoms with Crippen molar-refractivity contribution >= 4 is 29.9 Å². The molecule has 0 aromatic carbocycles. The summed E-state index contributed by atoms with van der Waals surface area (Å²) >= 11 is 0. The maximum absolute atomic E-state index is 4.62. The zero-order chi connectivity index (χ0) is 14.6. The van der Waals surface area contributed by atoms with Crippen molar-refractivity contribution in [2.45, 2.75) is 51.9 Å². The van der Waals surface area contributed by atoms with Crippen LogP contribution >= 0.6 is 24.0 Å². The van der Waals surface area contributed by atoms with Crippen LogP contribution in [0, 0.1) is 5.92 Å². The first-order chi connectivity index (χ1) is 9.72. The minimum absolute atomic E-state index is 0. The predicted octanol–water partition coefficient (Wildman–Crippen LogP) is 3.08. The van der Waals surface area contributed by atoms with Gasteiger partial charge < -0.3 is 15.5 Å². The first-order valence-corrected chi connectivity index (χ1v) is 8.39. The van der Waals surface area contributed by atoms with Gasteiger partial charge in [0.25, 0.3) is 0 Å². The fraction of sp³-hybridized carbons (Fsp3) is 0.938. The molecule has 1 fully saturated rings. The van der Waals surface area contributed by atoms with Crippen molar-refractivity contribution in [2.75, 3.05) is 40.3 Å². The van der Waals surface area contributed by atoms with E-state index < -0.39 is 0 Å². The molecule has 0 spiro atoms. The van der Waals surface area contributed by atoms with Crippen molar-refractivity contribution in [2.24, 2.45) is 10.9 Å². The van der Waals surface area contributed by atoms with Gasteiger partial charge in [0.15, 0.2) is 5.96 Å². The summed E-state index contributed by atoms with van der Waals surface area (Å²) in [5.41, 5.74) is 0. The number of guanidine groups is 1. The van der Waals surface area contributed by atoms with E-state index in [0.717, 1.165) is 44.5 Å². The molecule has 1 aliphatic rings. The third-order valence-electron chi connectivity index (χ3n) is 3.93. The van der Waals surface area contributed by atoms with Gasteiger partial charge in [-0.1, -0.05) is 25.7 Å². The van der Waals surface area contributed by atoms with Crippen LogP contribution in [-0.4, -0.2) is 51.1 Å². The summed E-state index contributed by atoms with van der Waals surface area (Å²) in [6.45, 7) is 6.11. The summed E-state index contributed by atoms with van der Waals surface area (Å²) in [6, 6.07) is 0. The van der Waals surface area contributed by atoms with Gasteiger partial charge in [0, 0.05) is 19.6 Å². The molecule has 0 radical (unpaired) electrons. The van der Waals surface area contributed by atoms with E-state index in [0.29, 0.717) is 0 Å². The van der Waals surface area contributed by atoms with Crippen LogP contribution in [0.4, 0.5) is 0 Å². The Labute approximate surface area is 148 Å². The average Bonchev–Trinajstić information content (AvgIpc) is 2.92. The minimum Gasteiger partial charge on any atom is -0.357 e. The number of halogens is 1. The Morgan fingerprint density at radius 2 is 1.86 bits per heavy atom. The monoisotopic (exact) mass is 410 g/mol. The van der Waals surface area contributed by atoms with E-state index >= 15 is 0 Å². The van der Waals surface area contributed by atoms with E-state index in [1.165, 1.54) is 38.5 Å². The molecule has 126 valence electrons. The van der Waals surface area contributed by atoms with Crippen molar-refractivity contribution in [3.05, 3.63) is 0 Å². The van der Waals surface area contributed by atoms with E-state index in [1.807, 2.05) is 0 Å². The third kappa shape index (κ3) is 11.2. The molecule has 1 aliphatic carbocycles. The summed E-state index contributed by atoms with van der Waals surface area (Å²) in [5.74, 6) is 1.98. The topological polar surface area (TPSA) is 39.7 Å². The maximum Gasteiger partial charge on any atom is 0.191 e. The number of hydrogen-bond donors (Lipinski definition) is 2. The number of nitrogens with zero attached hydrogens (tertiary/aromatic N) is 2. The molecule has 0 heterocycles. The van der Waals surface area contributed by atoms with Crippen LogP contribution in [0.25, 0.3) is 0 Å². The van der Waals surface area contributed by atoms with Crippen molar-refractivity contribution < 1.29 is 0 Å². The Balaban J connectivity index is 0.00000400. The molecule has 5 heteroatoms. The molecule has 2 N–H and O–H groups in total. The molecule has 0 aromatic heterocycles. The zero-order valence-corrected chi connectivity index (χ0v) is 16.5. The number of aliphatic imine (C=N–C) groups is 1. The van der Waals surface area contributed by atoms with Gasteiger partial charge in [-0.15, -0.1) is 24.0 Å². The normalized spacial score (nSPS) is 16.1. The lowest BCUT2D eigenvalue weighted by Gasteiger charge is -2.13. The number of hydrogen-bond acceptors (Lipinski definition) is 2. The number of rotatable bonds is 9. The highest BCUT2D eigenvalue weighted by molar-refractivity contribution is 14.0. The van der Waals surface area contributed by atoms with Crippen LogP contribution in [0.1, 0.15) is 51.9 Å². The van der Waals surface area contributed by atoms with Gasteiger partial charge in [-0.25, -0.2) is 0 Å². The van der Waals surface area contributed by atoms with Crippen LogP contribution in [-0.2, 0) is 0 Å². The molecule has 0 atom stereocenters. The maximum atomic E-state index is 4.62. The molecule has 0 unspecified atom stereocenters. The summed E-state index contributed by atoms with van der Waals surface area (Å²) < 4.78 is 0. The van der Waals surface area contributed by atoms with Crippen LogP contribution in [0.3, 0.4) is 0 Å². The van der Waals surface area contributed by atoms with Gasteiger partial charge in [-0.2, -0.15) is 0 Å². The fourth-order valence-corrected chi connectivity index (χ4v) is 2.82. The van der Waals surface area contributed by atoms with Crippen molar-refractivity contribution in [3.8, 4) is 0 Å². The smallest absolute Gasteiger partial charge is 0.191 e. The molecule has 0 saturated heterocycles. The lowest BCUT2D eigenvalue weighted by molar-refractivity contribution is 0.403. The van der Waals surface area contributed by atoms with Crippen LogP contribution in [0.15, 0.2) is 4.99 Å². The van der Waals surface area contributed by atoms with Gasteiger partial charge >= 0.3 is 0 Å². The molecule has 0 amide bonds. The van der Waals surface area contributed by atoms with Crippen LogP contribution < -0.4 is 10.6 Å². The lowest BCUT2D eigenvalue weighted by atomic mass is 10.0. The molecule has 4 nitrogen and oxygen atoms in total. The fourth-order valence-electron chi connectivity index (χ4n) is 2.82. The Morgan fingerprint density at radius 3 is 2.48 bits per heavy atom. The predicted molar refractivity (Wildman–Crippen MR) is 104 cm³/mol. The van der Waals surface area contributed by atoms with Crippen molar-refractivity contribution in [1.29, 1.82) is 0 Å². The average molecular weight is 410 g/mol. The van der Waals surface area contributed by atoms with Crippen LogP contribution in [0.2, 0.25) is 0 Å². The minimum atomic E-state index is 0. The molecule has 21 heavy (non-hydrogen) atoms. The molecule has 0 aliphatic heterocycles. The van der Waals surface area contributed by atoms with E-state index in [-0.39, 0.29) is 24.0 Å². The Morgan fingerprint density at radius 1 is 1.14 bits per heavy atom. The lowest BCUT2D eigenvalue weighted by Crippen LogP contribution is -2.38. The molecular weight excluding hydrogens is 375 g/mol. The molecular formula is C16H35IN4. The number of nitrogens with one attached hydrogen (secondary N) is 2. The molecule has 1 rings (SSSR count). The second-order valence-corrected chi connectivity index (χ2v) is 6.14. The Kier molecular flexibility index (Phi) is 13.6. The first-order valence-electron chi connectivity index (χ1n) is 8.39. The molecule has 0 aromatic rings. The zero-order valence-electron chi connectivity index (χ0n) is 14.2. The van der Waals surface area contributed by atoms with E-state index in [9.17, 15) is 0 Å². The Bertz CT molecular complexity index is 263. The first kappa shape index (κ1) is 21.0. The molecule has 1 saturated carbocycles. The van der Waals surface area contributed by atoms with E-state index in [4.69, 9.17) is 0 Å². The van der Waals surface area contributed by atoms with Gasteiger partial charge in [0.05, 0.1) is 0 Å². The SMILES string of the molecule is CCNC(=NCCCN(C)C)NCCCC1CCCC1.I. The van der Waals surface area contributed by atoms with Gasteiger partial charge in [-0.3, -0.25) is 4.99 Å². The quantitative estimate of drug-likeness (QED) is 0.266. The summed E-state index contributed by atoms with van der Waals surface area (Å²) in [4.78, 5) is 6.83. The summed E-state index contributed by atoms with van der Waals surface area (Å²) in [7, 11) is 4.21. The third-order valence-corrected chi connectivity index (χ3v) is 3.93. The molecule has 0 bridgehead atoms. The van der Waals surface area contributed by atoms with Gasteiger partial charge in [-0.05, 0) is 52.7 Å². The second-order valence-electron chi connectivity index (χ2n) is 6.14.